The minimum atomic E-state index is 0.257. The van der Waals surface area contributed by atoms with Crippen LogP contribution < -0.4 is 5.73 Å². The van der Waals surface area contributed by atoms with Crippen LogP contribution in [0.25, 0.3) is 0 Å². The Kier molecular flexibility index (Phi) is 4.83. The number of aryl methyl sites for hydroxylation is 1. The second-order valence-electron chi connectivity index (χ2n) is 6.27. The highest BCUT2D eigenvalue weighted by Gasteiger charge is 2.40. The third kappa shape index (κ3) is 2.90. The molecular formula is C15H29N5. The van der Waals surface area contributed by atoms with Crippen LogP contribution in [0.3, 0.4) is 0 Å². The maximum atomic E-state index is 6.02. The van der Waals surface area contributed by atoms with Crippen LogP contribution in [0.15, 0.2) is 12.4 Å². The van der Waals surface area contributed by atoms with Crippen molar-refractivity contribution in [3.05, 3.63) is 18.0 Å². The Morgan fingerprint density at radius 2 is 2.10 bits per heavy atom. The first-order chi connectivity index (χ1) is 9.52. The topological polar surface area (TPSA) is 50.3 Å². The van der Waals surface area contributed by atoms with Crippen LogP contribution in [0.4, 0.5) is 0 Å². The van der Waals surface area contributed by atoms with Gasteiger partial charge in [0.25, 0.3) is 0 Å². The molecule has 1 fully saturated rings. The summed E-state index contributed by atoms with van der Waals surface area (Å²) < 4.78 is 1.97. The second-order valence-corrected chi connectivity index (χ2v) is 6.27. The summed E-state index contributed by atoms with van der Waals surface area (Å²) in [4.78, 5) is 4.78. The predicted octanol–water partition coefficient (Wildman–Crippen LogP) is 1.32. The zero-order valence-corrected chi connectivity index (χ0v) is 13.3. The number of hydrogen-bond donors (Lipinski definition) is 1. The molecule has 1 aliphatic rings. The van der Waals surface area contributed by atoms with E-state index >= 15 is 0 Å². The highest BCUT2D eigenvalue weighted by molar-refractivity contribution is 5.12. The van der Waals surface area contributed by atoms with E-state index in [2.05, 4.69) is 49.2 Å². The third-order valence-corrected chi connectivity index (χ3v) is 4.89. The van der Waals surface area contributed by atoms with Gasteiger partial charge in [0.1, 0.15) is 0 Å². The fraction of sp³-hybridized carbons (Fsp3) is 0.800. The van der Waals surface area contributed by atoms with Gasteiger partial charge in [0.15, 0.2) is 0 Å². The first-order valence-electron chi connectivity index (χ1n) is 7.62. The van der Waals surface area contributed by atoms with Gasteiger partial charge < -0.3 is 10.6 Å². The predicted molar refractivity (Wildman–Crippen MR) is 82.6 cm³/mol. The molecule has 1 unspecified atom stereocenters. The van der Waals surface area contributed by atoms with Gasteiger partial charge in [-0.1, -0.05) is 0 Å². The van der Waals surface area contributed by atoms with Crippen LogP contribution in [0, 0.1) is 0 Å². The molecule has 1 aliphatic carbocycles. The number of nitrogens with two attached hydrogens (primary N) is 1. The van der Waals surface area contributed by atoms with Crippen molar-refractivity contribution in [1.82, 2.24) is 19.6 Å². The van der Waals surface area contributed by atoms with Crippen molar-refractivity contribution in [3.63, 3.8) is 0 Å². The fourth-order valence-electron chi connectivity index (χ4n) is 3.20. The Morgan fingerprint density at radius 3 is 2.50 bits per heavy atom. The van der Waals surface area contributed by atoms with Gasteiger partial charge in [-0.05, 0) is 47.3 Å². The van der Waals surface area contributed by atoms with E-state index < -0.39 is 0 Å². The number of rotatable bonds is 7. The minimum Gasteiger partial charge on any atom is -0.329 e. The van der Waals surface area contributed by atoms with Gasteiger partial charge in [-0.2, -0.15) is 5.10 Å². The van der Waals surface area contributed by atoms with E-state index in [1.54, 1.807) is 0 Å². The second kappa shape index (κ2) is 6.24. The maximum Gasteiger partial charge on any atom is 0.0538 e. The van der Waals surface area contributed by atoms with Gasteiger partial charge in [0.05, 0.1) is 6.20 Å². The molecule has 0 amide bonds. The summed E-state index contributed by atoms with van der Waals surface area (Å²) in [5.41, 5.74) is 7.58. The number of aromatic nitrogens is 2. The van der Waals surface area contributed by atoms with E-state index in [9.17, 15) is 0 Å². The Morgan fingerprint density at radius 1 is 1.40 bits per heavy atom. The molecule has 0 saturated heterocycles. The Balaban J connectivity index is 2.07. The number of nitrogens with zero attached hydrogens (tertiary/aromatic N) is 4. The highest BCUT2D eigenvalue weighted by Crippen LogP contribution is 2.37. The molecule has 1 atom stereocenters. The number of likely N-dealkylation sites (N-methyl/N-ethyl adjacent to an activating group) is 2. The molecule has 1 aromatic heterocycles. The normalized spacial score (nSPS) is 19.4. The molecule has 0 bridgehead atoms. The summed E-state index contributed by atoms with van der Waals surface area (Å²) in [5, 5.41) is 4.38. The first-order valence-corrected chi connectivity index (χ1v) is 7.62. The van der Waals surface area contributed by atoms with E-state index in [1.165, 1.54) is 24.8 Å². The lowest BCUT2D eigenvalue weighted by Gasteiger charge is -2.50. The summed E-state index contributed by atoms with van der Waals surface area (Å²) in [7, 11) is 6.57. The average Bonchev–Trinajstić information content (AvgIpc) is 2.83. The van der Waals surface area contributed by atoms with E-state index in [0.29, 0.717) is 12.1 Å². The van der Waals surface area contributed by atoms with Crippen LogP contribution >= 0.6 is 0 Å². The van der Waals surface area contributed by atoms with Crippen LogP contribution in [0.5, 0.6) is 0 Å². The van der Waals surface area contributed by atoms with E-state index in [-0.39, 0.29) is 6.04 Å². The Labute approximate surface area is 122 Å². The molecule has 20 heavy (non-hydrogen) atoms. The van der Waals surface area contributed by atoms with Gasteiger partial charge in [0.2, 0.25) is 0 Å². The highest BCUT2D eigenvalue weighted by atomic mass is 15.3. The molecular weight excluding hydrogens is 250 g/mol. The summed E-state index contributed by atoms with van der Waals surface area (Å²) in [5.74, 6) is 0. The van der Waals surface area contributed by atoms with Crippen LogP contribution in [-0.4, -0.2) is 59.4 Å². The molecule has 0 aromatic carbocycles. The van der Waals surface area contributed by atoms with E-state index in [4.69, 9.17) is 5.73 Å². The smallest absolute Gasteiger partial charge is 0.0538 e. The van der Waals surface area contributed by atoms with Gasteiger partial charge >= 0.3 is 0 Å². The molecule has 5 nitrogen and oxygen atoms in total. The van der Waals surface area contributed by atoms with Gasteiger partial charge in [0, 0.05) is 43.0 Å². The molecule has 0 aliphatic heterocycles. The third-order valence-electron chi connectivity index (χ3n) is 4.89. The van der Waals surface area contributed by atoms with Gasteiger partial charge in [-0.3, -0.25) is 9.58 Å². The van der Waals surface area contributed by atoms with Gasteiger partial charge in [-0.15, -0.1) is 0 Å². The van der Waals surface area contributed by atoms with Crippen molar-refractivity contribution in [2.45, 2.75) is 44.3 Å². The van der Waals surface area contributed by atoms with Crippen LogP contribution in [0.2, 0.25) is 0 Å². The standard InChI is InChI=1S/C15H29N5/c1-5-20-11-13(10-17-20)14(9-16)19(4)12-15(18(2)3)7-6-8-15/h10-11,14H,5-9,12,16H2,1-4H3. The van der Waals surface area contributed by atoms with Crippen molar-refractivity contribution in [2.24, 2.45) is 5.73 Å². The quantitative estimate of drug-likeness (QED) is 0.818. The SMILES string of the molecule is CCn1cc(C(CN)N(C)CC2(N(C)C)CCC2)cn1. The molecule has 2 N–H and O–H groups in total. The molecule has 1 heterocycles. The average molecular weight is 279 g/mol. The lowest BCUT2D eigenvalue weighted by molar-refractivity contribution is 0.0168. The summed E-state index contributed by atoms with van der Waals surface area (Å²) in [6.45, 7) is 4.71. The van der Waals surface area contributed by atoms with Crippen LogP contribution in [-0.2, 0) is 6.54 Å². The molecule has 114 valence electrons. The lowest BCUT2D eigenvalue weighted by Crippen LogP contribution is -2.57. The molecule has 0 spiro atoms. The molecule has 0 radical (unpaired) electrons. The summed E-state index contributed by atoms with van der Waals surface area (Å²) in [6, 6.07) is 0.257. The Bertz CT molecular complexity index is 422. The zero-order chi connectivity index (χ0) is 14.8. The molecule has 1 aromatic rings. The zero-order valence-electron chi connectivity index (χ0n) is 13.3. The van der Waals surface area contributed by atoms with Crippen molar-refractivity contribution in [1.29, 1.82) is 0 Å². The largest absolute Gasteiger partial charge is 0.329 e. The van der Waals surface area contributed by atoms with Crippen molar-refractivity contribution < 1.29 is 0 Å². The Hall–Kier alpha value is -0.910. The lowest BCUT2D eigenvalue weighted by atomic mass is 9.75. The fourth-order valence-corrected chi connectivity index (χ4v) is 3.20. The van der Waals surface area contributed by atoms with Crippen molar-refractivity contribution in [2.75, 3.05) is 34.2 Å². The van der Waals surface area contributed by atoms with E-state index in [1.807, 2.05) is 10.9 Å². The molecule has 5 heteroatoms. The minimum absolute atomic E-state index is 0.257. The monoisotopic (exact) mass is 279 g/mol. The maximum absolute atomic E-state index is 6.02. The van der Waals surface area contributed by atoms with Crippen LogP contribution in [0.1, 0.15) is 37.8 Å². The van der Waals surface area contributed by atoms with E-state index in [0.717, 1.165) is 13.1 Å². The van der Waals surface area contributed by atoms with Crippen molar-refractivity contribution in [3.8, 4) is 0 Å². The number of hydrogen-bond acceptors (Lipinski definition) is 4. The van der Waals surface area contributed by atoms with Gasteiger partial charge in [-0.25, -0.2) is 0 Å². The first kappa shape index (κ1) is 15.5. The van der Waals surface area contributed by atoms with Crippen molar-refractivity contribution >= 4 is 0 Å². The summed E-state index contributed by atoms with van der Waals surface area (Å²) in [6.07, 6.45) is 8.00. The summed E-state index contributed by atoms with van der Waals surface area (Å²) >= 11 is 0. The molecule has 1 saturated carbocycles. The molecule has 2 rings (SSSR count).